The van der Waals surface area contributed by atoms with Gasteiger partial charge in [-0.15, -0.1) is 0 Å². The van der Waals surface area contributed by atoms with Gasteiger partial charge in [0.2, 0.25) is 0 Å². The number of furan rings is 1. The first-order valence-electron chi connectivity index (χ1n) is 15.3. The van der Waals surface area contributed by atoms with Gasteiger partial charge in [-0.05, 0) is 57.2 Å². The third-order valence-corrected chi connectivity index (χ3v) is 11.6. The number of hydrogen-bond donors (Lipinski definition) is 1. The van der Waals surface area contributed by atoms with Crippen LogP contribution in [0.4, 0.5) is 0 Å². The van der Waals surface area contributed by atoms with Crippen LogP contribution in [0.2, 0.25) is 0 Å². The van der Waals surface area contributed by atoms with Crippen LogP contribution in [0.25, 0.3) is 0 Å². The van der Waals surface area contributed by atoms with Crippen LogP contribution in [0, 0.1) is 28.1 Å². The molecule has 0 spiro atoms. The lowest BCUT2D eigenvalue weighted by molar-refractivity contribution is -0.279. The predicted octanol–water partition coefficient (Wildman–Crippen LogP) is 4.45. The molecule has 3 fully saturated rings. The molecule has 3 aliphatic carbocycles. The molecular formula is C34H44O10. The zero-order valence-corrected chi connectivity index (χ0v) is 26.7. The highest BCUT2D eigenvalue weighted by atomic mass is 16.6. The summed E-state index contributed by atoms with van der Waals surface area (Å²) in [6.45, 7) is 12.3. The maximum atomic E-state index is 13.3. The molecule has 0 amide bonds. The fraction of sp³-hybridized carbons (Fsp3) is 0.647. The first-order valence-corrected chi connectivity index (χ1v) is 15.3. The molecule has 0 radical (unpaired) electrons. The van der Waals surface area contributed by atoms with E-state index in [-0.39, 0.29) is 24.9 Å². The van der Waals surface area contributed by atoms with Gasteiger partial charge in [0.05, 0.1) is 37.3 Å². The Morgan fingerprint density at radius 3 is 2.41 bits per heavy atom. The molecule has 11 atom stereocenters. The number of rotatable bonds is 7. The van der Waals surface area contributed by atoms with Crippen LogP contribution in [0.3, 0.4) is 0 Å². The molecule has 1 saturated heterocycles. The molecule has 1 N–H and O–H groups in total. The van der Waals surface area contributed by atoms with Gasteiger partial charge in [-0.1, -0.05) is 25.5 Å². The van der Waals surface area contributed by atoms with Gasteiger partial charge in [0.15, 0.2) is 0 Å². The van der Waals surface area contributed by atoms with Crippen molar-refractivity contribution >= 4 is 24.2 Å². The van der Waals surface area contributed by atoms with E-state index in [1.54, 1.807) is 39.4 Å². The van der Waals surface area contributed by atoms with Crippen molar-refractivity contribution in [2.75, 3.05) is 7.11 Å². The molecule has 4 aliphatic rings. The molecule has 0 unspecified atom stereocenters. The number of fused-ring (bicyclic) bond motifs is 4. The van der Waals surface area contributed by atoms with Crippen LogP contribution >= 0.6 is 0 Å². The molecule has 1 aromatic rings. The SMILES string of the molecule is C/C=C(/C)C(=O)O[C@H]1C[C@@H](O)[C@@](C)(C=O)[C@@H]2[C@@H](OC(C)=O)[C@H]3O[C@@H]4C[C@@H](c5ccoc5)C(C)=C4[C@@]3(C)[C@@H](CC(=O)OC)[C@@]12C. The maximum absolute atomic E-state index is 13.3. The third kappa shape index (κ3) is 4.50. The monoisotopic (exact) mass is 612 g/mol. The topological polar surface area (TPSA) is 139 Å². The summed E-state index contributed by atoms with van der Waals surface area (Å²) in [4.78, 5) is 52.3. The molecule has 1 aliphatic heterocycles. The molecule has 1 aromatic heterocycles. The molecule has 2 heterocycles. The zero-order chi connectivity index (χ0) is 32.4. The Bertz CT molecular complexity index is 1390. The second-order valence-corrected chi connectivity index (χ2v) is 13.6. The number of hydrogen-bond acceptors (Lipinski definition) is 10. The lowest BCUT2D eigenvalue weighted by atomic mass is 9.39. The van der Waals surface area contributed by atoms with Crippen molar-refractivity contribution in [3.05, 3.63) is 47.0 Å². The van der Waals surface area contributed by atoms with Gasteiger partial charge < -0.3 is 33.3 Å². The molecule has 10 heteroatoms. The largest absolute Gasteiger partial charge is 0.472 e. The normalized spacial score (nSPS) is 41.3. The number of esters is 3. The summed E-state index contributed by atoms with van der Waals surface area (Å²) >= 11 is 0. The van der Waals surface area contributed by atoms with Crippen molar-refractivity contribution in [3.63, 3.8) is 0 Å². The fourth-order valence-electron chi connectivity index (χ4n) is 9.41. The summed E-state index contributed by atoms with van der Waals surface area (Å²) in [6, 6.07) is 1.93. The number of carbonyl (C=O) groups excluding carboxylic acids is 4. The Morgan fingerprint density at radius 1 is 1.14 bits per heavy atom. The number of carbonyl (C=O) groups is 4. The van der Waals surface area contributed by atoms with E-state index >= 15 is 0 Å². The summed E-state index contributed by atoms with van der Waals surface area (Å²) in [5.41, 5.74) is -0.00747. The van der Waals surface area contributed by atoms with Crippen LogP contribution in [-0.2, 0) is 38.1 Å². The van der Waals surface area contributed by atoms with E-state index in [1.165, 1.54) is 14.0 Å². The molecule has 5 rings (SSSR count). The lowest BCUT2D eigenvalue weighted by Gasteiger charge is -2.66. The average Bonchev–Trinajstić information content (AvgIpc) is 3.69. The third-order valence-electron chi connectivity index (χ3n) is 11.6. The number of aldehydes is 1. The van der Waals surface area contributed by atoms with Gasteiger partial charge in [-0.3, -0.25) is 9.59 Å². The number of aliphatic hydroxyl groups excluding tert-OH is 1. The maximum Gasteiger partial charge on any atom is 0.333 e. The standard InChI is InChI=1S/C34H44O10/c1-9-17(2)31(39)44-25-14-24(37)32(5,16-35)29-28(42-19(4)36)30-34(7,23(33(25,29)6)13-26(38)40-8)27-18(3)21(12-22(27)43-30)20-10-11-41-15-20/h9-11,15-16,21-25,28-30,37H,12-14H2,1-8H3/b17-9-/t21-,22-,23+,24-,25+,28-,29+,30-,32-,33+,34-/m1/s1. The van der Waals surface area contributed by atoms with Crippen LogP contribution < -0.4 is 0 Å². The summed E-state index contributed by atoms with van der Waals surface area (Å²) in [7, 11) is 1.32. The average molecular weight is 613 g/mol. The van der Waals surface area contributed by atoms with Crippen molar-refractivity contribution in [2.45, 2.75) is 104 Å². The second kappa shape index (κ2) is 11.3. The zero-order valence-electron chi connectivity index (χ0n) is 26.7. The van der Waals surface area contributed by atoms with Gasteiger partial charge in [0.1, 0.15) is 24.6 Å². The van der Waals surface area contributed by atoms with Crippen molar-refractivity contribution in [2.24, 2.45) is 28.1 Å². The van der Waals surface area contributed by atoms with Crippen molar-refractivity contribution in [3.8, 4) is 0 Å². The number of aliphatic hydroxyl groups is 1. The van der Waals surface area contributed by atoms with E-state index in [4.69, 9.17) is 23.4 Å². The van der Waals surface area contributed by atoms with Crippen molar-refractivity contribution in [1.82, 2.24) is 0 Å². The van der Waals surface area contributed by atoms with E-state index in [0.717, 1.165) is 16.7 Å². The molecule has 10 nitrogen and oxygen atoms in total. The summed E-state index contributed by atoms with van der Waals surface area (Å²) in [5.74, 6) is -3.06. The summed E-state index contributed by atoms with van der Waals surface area (Å²) in [6.07, 6.45) is 1.94. The van der Waals surface area contributed by atoms with Crippen LogP contribution in [0.1, 0.15) is 79.2 Å². The highest BCUT2D eigenvalue weighted by molar-refractivity contribution is 5.87. The first-order chi connectivity index (χ1) is 20.7. The van der Waals surface area contributed by atoms with Gasteiger partial charge in [0, 0.05) is 48.0 Å². The minimum Gasteiger partial charge on any atom is -0.472 e. The summed E-state index contributed by atoms with van der Waals surface area (Å²) < 4.78 is 29.8. The molecule has 0 bridgehead atoms. The van der Waals surface area contributed by atoms with E-state index in [1.807, 2.05) is 19.9 Å². The predicted molar refractivity (Wildman–Crippen MR) is 157 cm³/mol. The fourth-order valence-corrected chi connectivity index (χ4v) is 9.41. The second-order valence-electron chi connectivity index (χ2n) is 13.6. The number of methoxy groups -OCH3 is 1. The van der Waals surface area contributed by atoms with E-state index in [2.05, 4.69) is 6.92 Å². The van der Waals surface area contributed by atoms with E-state index in [9.17, 15) is 24.3 Å². The van der Waals surface area contributed by atoms with Crippen LogP contribution in [0.5, 0.6) is 0 Å². The number of allylic oxidation sites excluding steroid dienone is 2. The van der Waals surface area contributed by atoms with Crippen LogP contribution in [-0.4, -0.2) is 66.9 Å². The molecular weight excluding hydrogens is 568 g/mol. The van der Waals surface area contributed by atoms with Gasteiger partial charge in [-0.25, -0.2) is 4.79 Å². The van der Waals surface area contributed by atoms with E-state index in [0.29, 0.717) is 18.3 Å². The Labute approximate surface area is 258 Å². The highest BCUT2D eigenvalue weighted by Crippen LogP contribution is 2.72. The van der Waals surface area contributed by atoms with Crippen LogP contribution in [0.15, 0.2) is 45.8 Å². The quantitative estimate of drug-likeness (QED) is 0.154. The minimum atomic E-state index is -1.42. The number of ether oxygens (including phenoxy) is 4. The molecule has 0 aromatic carbocycles. The Kier molecular flexibility index (Phi) is 8.25. The minimum absolute atomic E-state index is 0.0161. The Balaban J connectivity index is 1.79. The van der Waals surface area contributed by atoms with Crippen molar-refractivity contribution < 1.29 is 47.6 Å². The van der Waals surface area contributed by atoms with Gasteiger partial charge in [-0.2, -0.15) is 0 Å². The van der Waals surface area contributed by atoms with E-state index < -0.39 is 70.4 Å². The van der Waals surface area contributed by atoms with Gasteiger partial charge in [0.25, 0.3) is 0 Å². The van der Waals surface area contributed by atoms with Gasteiger partial charge >= 0.3 is 17.9 Å². The Morgan fingerprint density at radius 2 is 1.84 bits per heavy atom. The first kappa shape index (κ1) is 32.2. The summed E-state index contributed by atoms with van der Waals surface area (Å²) in [5, 5.41) is 11.5. The molecule has 2 saturated carbocycles. The smallest absolute Gasteiger partial charge is 0.333 e. The molecule has 44 heavy (non-hydrogen) atoms. The Hall–Kier alpha value is -3.24. The highest BCUT2D eigenvalue weighted by Gasteiger charge is 2.76. The van der Waals surface area contributed by atoms with Crippen molar-refractivity contribution in [1.29, 1.82) is 0 Å². The lowest BCUT2D eigenvalue weighted by Crippen LogP contribution is -2.73. The molecule has 240 valence electrons.